The molecule has 0 aliphatic carbocycles. The molecule has 0 fully saturated rings. The molecule has 4 nitrogen and oxygen atoms in total. The fourth-order valence-corrected chi connectivity index (χ4v) is 1.35. The first-order valence-electron chi connectivity index (χ1n) is 4.32. The maximum Gasteiger partial charge on any atom is 0.260 e. The highest BCUT2D eigenvalue weighted by Crippen LogP contribution is 2.19. The van der Waals surface area contributed by atoms with E-state index in [1.54, 1.807) is 14.0 Å². The molecule has 72 valence electrons. The molecule has 0 spiro atoms. The van der Waals surface area contributed by atoms with Gasteiger partial charge in [-0.3, -0.25) is 9.59 Å². The number of nitrogens with zero attached hydrogens (tertiary/aromatic N) is 2. The van der Waals surface area contributed by atoms with Crippen molar-refractivity contribution in [2.45, 2.75) is 20.8 Å². The first-order chi connectivity index (χ1) is 5.95. The maximum atomic E-state index is 11.6. The van der Waals surface area contributed by atoms with Crippen molar-refractivity contribution in [3.8, 4) is 0 Å². The van der Waals surface area contributed by atoms with Crippen molar-refractivity contribution in [2.24, 2.45) is 16.8 Å². The van der Waals surface area contributed by atoms with Gasteiger partial charge < -0.3 is 4.90 Å². The fourth-order valence-electron chi connectivity index (χ4n) is 1.35. The quantitative estimate of drug-likeness (QED) is 0.560. The van der Waals surface area contributed by atoms with Gasteiger partial charge in [0.2, 0.25) is 5.91 Å². The summed E-state index contributed by atoms with van der Waals surface area (Å²) in [5.74, 6) is -0.553. The molecule has 1 atom stereocenters. The van der Waals surface area contributed by atoms with Gasteiger partial charge in [-0.15, -0.1) is 0 Å². The van der Waals surface area contributed by atoms with Gasteiger partial charge in [0, 0.05) is 7.05 Å². The average Bonchev–Trinajstić information content (AvgIpc) is 1.99. The molecule has 0 radical (unpaired) electrons. The van der Waals surface area contributed by atoms with E-state index in [-0.39, 0.29) is 17.7 Å². The summed E-state index contributed by atoms with van der Waals surface area (Å²) in [5, 5.41) is 0. The lowest BCUT2D eigenvalue weighted by atomic mass is 9.92. The Balaban J connectivity index is 3.03. The van der Waals surface area contributed by atoms with Crippen LogP contribution < -0.4 is 0 Å². The number of rotatable bonds is 1. The summed E-state index contributed by atoms with van der Waals surface area (Å²) in [4.78, 5) is 28.2. The number of carbonyl (C=O) groups is 2. The van der Waals surface area contributed by atoms with Gasteiger partial charge in [-0.25, -0.2) is 0 Å². The van der Waals surface area contributed by atoms with Gasteiger partial charge >= 0.3 is 0 Å². The van der Waals surface area contributed by atoms with Crippen LogP contribution in [0.5, 0.6) is 0 Å². The second-order valence-corrected chi connectivity index (χ2v) is 3.62. The van der Waals surface area contributed by atoms with E-state index in [0.717, 1.165) is 0 Å². The second-order valence-electron chi connectivity index (χ2n) is 3.62. The summed E-state index contributed by atoms with van der Waals surface area (Å²) in [6.07, 6.45) is 0. The van der Waals surface area contributed by atoms with Crippen LogP contribution in [0.4, 0.5) is 0 Å². The van der Waals surface area contributed by atoms with Crippen molar-refractivity contribution in [3.05, 3.63) is 0 Å². The molecule has 0 aromatic rings. The first kappa shape index (κ1) is 9.89. The lowest BCUT2D eigenvalue weighted by Gasteiger charge is -2.27. The standard InChI is InChI=1S/C9H14N2O2/c1-5(2)7-8(12)10-6(3)11(4)9(7)13/h5,7H,1-4H3. The Morgan fingerprint density at radius 1 is 1.38 bits per heavy atom. The molecular formula is C9H14N2O2. The van der Waals surface area contributed by atoms with E-state index in [0.29, 0.717) is 5.84 Å². The predicted molar refractivity (Wildman–Crippen MR) is 49.2 cm³/mol. The molecule has 0 bridgehead atoms. The number of amides is 2. The molecule has 0 N–H and O–H groups in total. The number of carbonyl (C=O) groups excluding carboxylic acids is 2. The SMILES string of the molecule is CC1=NC(=O)C(C(C)C)C(=O)N1C. The molecule has 4 heteroatoms. The third kappa shape index (κ3) is 1.61. The molecule has 1 aliphatic heterocycles. The van der Waals surface area contributed by atoms with Crippen molar-refractivity contribution >= 4 is 17.6 Å². The predicted octanol–water partition coefficient (Wildman–Crippen LogP) is 0.676. The number of hydrogen-bond acceptors (Lipinski definition) is 2. The van der Waals surface area contributed by atoms with Crippen LogP contribution in [-0.4, -0.2) is 29.6 Å². The smallest absolute Gasteiger partial charge is 0.260 e. The van der Waals surface area contributed by atoms with Gasteiger partial charge in [0.05, 0.1) is 0 Å². The molecular weight excluding hydrogens is 168 g/mol. The summed E-state index contributed by atoms with van der Waals surface area (Å²) >= 11 is 0. The molecule has 0 saturated heterocycles. The van der Waals surface area contributed by atoms with Crippen molar-refractivity contribution in [1.29, 1.82) is 0 Å². The van der Waals surface area contributed by atoms with Crippen LogP contribution >= 0.6 is 0 Å². The van der Waals surface area contributed by atoms with Gasteiger partial charge in [0.1, 0.15) is 11.8 Å². The fraction of sp³-hybridized carbons (Fsp3) is 0.667. The van der Waals surface area contributed by atoms with E-state index in [4.69, 9.17) is 0 Å². The molecule has 1 rings (SSSR count). The summed E-state index contributed by atoms with van der Waals surface area (Å²) in [6.45, 7) is 5.36. The van der Waals surface area contributed by atoms with Crippen molar-refractivity contribution in [1.82, 2.24) is 4.90 Å². The second kappa shape index (κ2) is 3.28. The zero-order chi connectivity index (χ0) is 10.2. The van der Waals surface area contributed by atoms with E-state index in [2.05, 4.69) is 4.99 Å². The van der Waals surface area contributed by atoms with Gasteiger partial charge in [-0.2, -0.15) is 4.99 Å². The van der Waals surface area contributed by atoms with Crippen LogP contribution in [0.1, 0.15) is 20.8 Å². The van der Waals surface area contributed by atoms with Crippen LogP contribution in [0.15, 0.2) is 4.99 Å². The van der Waals surface area contributed by atoms with E-state index >= 15 is 0 Å². The molecule has 2 amide bonds. The summed E-state index contributed by atoms with van der Waals surface area (Å²) in [7, 11) is 1.64. The zero-order valence-electron chi connectivity index (χ0n) is 8.37. The minimum absolute atomic E-state index is 0.0132. The Labute approximate surface area is 77.6 Å². The summed E-state index contributed by atoms with van der Waals surface area (Å²) in [5.41, 5.74) is 0. The van der Waals surface area contributed by atoms with E-state index in [9.17, 15) is 9.59 Å². The van der Waals surface area contributed by atoms with Crippen LogP contribution in [-0.2, 0) is 9.59 Å². The Bertz CT molecular complexity index is 281. The first-order valence-corrected chi connectivity index (χ1v) is 4.32. The van der Waals surface area contributed by atoms with E-state index < -0.39 is 5.92 Å². The topological polar surface area (TPSA) is 49.7 Å². The molecule has 13 heavy (non-hydrogen) atoms. The number of amidine groups is 1. The largest absolute Gasteiger partial charge is 0.303 e. The Morgan fingerprint density at radius 2 is 1.92 bits per heavy atom. The van der Waals surface area contributed by atoms with Gasteiger partial charge in [-0.1, -0.05) is 13.8 Å². The highest BCUT2D eigenvalue weighted by atomic mass is 16.2. The summed E-state index contributed by atoms with van der Waals surface area (Å²) in [6, 6.07) is 0. The Hall–Kier alpha value is -1.19. The third-order valence-corrected chi connectivity index (χ3v) is 2.29. The van der Waals surface area contributed by atoms with Crippen molar-refractivity contribution in [3.63, 3.8) is 0 Å². The van der Waals surface area contributed by atoms with Crippen LogP contribution in [0.3, 0.4) is 0 Å². The van der Waals surface area contributed by atoms with Gasteiger partial charge in [-0.05, 0) is 12.8 Å². The number of aliphatic imine (C=N–C) groups is 1. The Kier molecular flexibility index (Phi) is 2.50. The highest BCUT2D eigenvalue weighted by Gasteiger charge is 2.36. The van der Waals surface area contributed by atoms with Crippen LogP contribution in [0.25, 0.3) is 0 Å². The van der Waals surface area contributed by atoms with E-state index in [1.807, 2.05) is 13.8 Å². The van der Waals surface area contributed by atoms with Crippen LogP contribution in [0, 0.1) is 11.8 Å². The molecule has 1 unspecified atom stereocenters. The van der Waals surface area contributed by atoms with Crippen molar-refractivity contribution < 1.29 is 9.59 Å². The number of hydrogen-bond donors (Lipinski definition) is 0. The highest BCUT2D eigenvalue weighted by molar-refractivity contribution is 6.15. The van der Waals surface area contributed by atoms with Gasteiger partial charge in [0.15, 0.2) is 0 Å². The van der Waals surface area contributed by atoms with Gasteiger partial charge in [0.25, 0.3) is 5.91 Å². The molecule has 0 saturated carbocycles. The van der Waals surface area contributed by atoms with Crippen molar-refractivity contribution in [2.75, 3.05) is 7.05 Å². The minimum atomic E-state index is -0.589. The maximum absolute atomic E-state index is 11.6. The van der Waals surface area contributed by atoms with Crippen LogP contribution in [0.2, 0.25) is 0 Å². The summed E-state index contributed by atoms with van der Waals surface area (Å²) < 4.78 is 0. The average molecular weight is 182 g/mol. The lowest BCUT2D eigenvalue weighted by molar-refractivity contribution is -0.140. The third-order valence-electron chi connectivity index (χ3n) is 2.29. The minimum Gasteiger partial charge on any atom is -0.303 e. The van der Waals surface area contributed by atoms with E-state index in [1.165, 1.54) is 4.90 Å². The molecule has 1 heterocycles. The monoisotopic (exact) mass is 182 g/mol. The molecule has 0 aromatic heterocycles. The Morgan fingerprint density at radius 3 is 2.38 bits per heavy atom. The molecule has 0 aromatic carbocycles. The normalized spacial score (nSPS) is 23.9. The lowest BCUT2D eigenvalue weighted by Crippen LogP contribution is -2.46. The molecule has 1 aliphatic rings. The zero-order valence-corrected chi connectivity index (χ0v) is 8.37.